The second kappa shape index (κ2) is 10.3. The van der Waals surface area contributed by atoms with Gasteiger partial charge in [-0.3, -0.25) is 33.8 Å². The number of hydrogen-bond donors (Lipinski definition) is 1. The zero-order valence-corrected chi connectivity index (χ0v) is 24.3. The van der Waals surface area contributed by atoms with Crippen LogP contribution < -0.4 is 5.32 Å². The molecule has 0 aromatic carbocycles. The molecule has 2 aliphatic carbocycles. The van der Waals surface area contributed by atoms with Crippen molar-refractivity contribution in [2.24, 2.45) is 0 Å². The first-order valence-corrected chi connectivity index (χ1v) is 13.9. The fraction of sp³-hybridized carbons (Fsp3) is 0.419. The van der Waals surface area contributed by atoms with Gasteiger partial charge in [-0.2, -0.15) is 5.26 Å². The second-order valence-corrected chi connectivity index (χ2v) is 11.3. The number of piperazine rings is 1. The Bertz CT molecular complexity index is 1670. The standard InChI is InChI=1S/C31H30N4O8/c1-13-25(36)15-10-18-24-23-16(26(37)14(2)30(42-5)28(23)39)9-17(34(24)3)19(11-32)35(18)20(22(15)27(38)29(13)41-4)12-33-31(40)21-7-6-8-43-21/h6-8,17-20,24H,9-10,12H2,1-5H3,(H,33,40)/t17-,18-,19-,20-,24-/m0/s1. The first-order valence-electron chi connectivity index (χ1n) is 13.9. The molecule has 1 saturated heterocycles. The minimum atomic E-state index is -0.915. The number of ketones is 4. The summed E-state index contributed by atoms with van der Waals surface area (Å²) in [4.78, 5) is 71.7. The minimum Gasteiger partial charge on any atom is -0.492 e. The topological polar surface area (TPSA) is 159 Å². The smallest absolute Gasteiger partial charge is 0.287 e. The van der Waals surface area contributed by atoms with E-state index in [1.807, 2.05) is 9.80 Å². The van der Waals surface area contributed by atoms with Gasteiger partial charge in [0.15, 0.2) is 28.8 Å². The van der Waals surface area contributed by atoms with Crippen LogP contribution in [0.1, 0.15) is 37.2 Å². The normalized spacial score (nSPS) is 29.3. The van der Waals surface area contributed by atoms with E-state index in [0.717, 1.165) is 0 Å². The number of nitriles is 1. The molecule has 5 atom stereocenters. The molecule has 12 heteroatoms. The molecular formula is C31H30N4O8. The van der Waals surface area contributed by atoms with Crippen LogP contribution in [0.2, 0.25) is 0 Å². The molecule has 1 aromatic rings. The van der Waals surface area contributed by atoms with E-state index in [4.69, 9.17) is 13.9 Å². The Hall–Kier alpha value is -4.60. The maximum atomic E-state index is 13.9. The first kappa shape index (κ1) is 28.5. The number of hydrogen-bond acceptors (Lipinski definition) is 11. The molecule has 1 N–H and O–H groups in total. The van der Waals surface area contributed by atoms with Crippen LogP contribution >= 0.6 is 0 Å². The summed E-state index contributed by atoms with van der Waals surface area (Å²) in [5.41, 5.74) is 1.39. The number of furan rings is 1. The Labute approximate surface area is 247 Å². The Kier molecular flexibility index (Phi) is 6.82. The lowest BCUT2D eigenvalue weighted by Gasteiger charge is -2.60. The highest BCUT2D eigenvalue weighted by atomic mass is 16.5. The molecule has 0 saturated carbocycles. The summed E-state index contributed by atoms with van der Waals surface area (Å²) in [7, 11) is 4.46. The third-order valence-corrected chi connectivity index (χ3v) is 9.41. The number of Topliss-reactive ketones (excluding diaryl/α,β-unsaturated/α-hetero) is 4. The van der Waals surface area contributed by atoms with E-state index in [-0.39, 0.29) is 76.1 Å². The summed E-state index contributed by atoms with van der Waals surface area (Å²) in [5.74, 6) is -2.18. The minimum absolute atomic E-state index is 0.0324. The number of rotatable bonds is 5. The predicted molar refractivity (Wildman–Crippen MR) is 148 cm³/mol. The Balaban J connectivity index is 1.51. The van der Waals surface area contributed by atoms with E-state index < -0.39 is 47.7 Å². The van der Waals surface area contributed by atoms with Crippen molar-refractivity contribution < 1.29 is 37.9 Å². The Morgan fingerprint density at radius 2 is 1.56 bits per heavy atom. The molecule has 1 amide bonds. The number of nitrogens with one attached hydrogen (secondary N) is 1. The van der Waals surface area contributed by atoms with Crippen LogP contribution in [0.4, 0.5) is 0 Å². The summed E-state index contributed by atoms with van der Waals surface area (Å²) in [6.07, 6.45) is 1.54. The summed E-state index contributed by atoms with van der Waals surface area (Å²) in [5, 5.41) is 13.4. The van der Waals surface area contributed by atoms with E-state index in [9.17, 15) is 29.2 Å². The molecule has 0 spiro atoms. The van der Waals surface area contributed by atoms with Crippen LogP contribution in [-0.2, 0) is 28.7 Å². The van der Waals surface area contributed by atoms with Crippen LogP contribution in [0.3, 0.4) is 0 Å². The molecule has 12 nitrogen and oxygen atoms in total. The molecule has 2 bridgehead atoms. The van der Waals surface area contributed by atoms with E-state index >= 15 is 0 Å². The average Bonchev–Trinajstić information content (AvgIpc) is 3.53. The van der Waals surface area contributed by atoms with Crippen LogP contribution in [0.25, 0.3) is 0 Å². The quantitative estimate of drug-likeness (QED) is 0.494. The fourth-order valence-corrected chi connectivity index (χ4v) is 7.50. The molecule has 222 valence electrons. The van der Waals surface area contributed by atoms with E-state index in [1.54, 1.807) is 20.0 Å². The van der Waals surface area contributed by atoms with Gasteiger partial charge in [0.25, 0.3) is 5.91 Å². The highest BCUT2D eigenvalue weighted by Gasteiger charge is 2.59. The molecule has 6 rings (SSSR count). The number of carbonyl (C=O) groups excluding carboxylic acids is 5. The number of nitrogens with zero attached hydrogens (tertiary/aromatic N) is 3. The predicted octanol–water partition coefficient (Wildman–Crippen LogP) is 1.17. The van der Waals surface area contributed by atoms with Crippen molar-refractivity contribution >= 4 is 29.0 Å². The molecule has 1 fully saturated rings. The zero-order valence-electron chi connectivity index (χ0n) is 24.3. The SMILES string of the molecule is COC1=C(C)C(=O)C2=C(C1=O)[C@@H]1[C@@H]3CC4=C(C(=O)C(OC)=C(C)C4=O)[C@H](CNC(=O)c4ccco4)N3[C@@H](C#N)[C@H](C2)N1C. The van der Waals surface area contributed by atoms with Gasteiger partial charge in [0.2, 0.25) is 11.6 Å². The number of likely N-dealkylation sites (N-methyl/N-ethyl adjacent to an activating group) is 1. The molecular weight excluding hydrogens is 556 g/mol. The van der Waals surface area contributed by atoms with Gasteiger partial charge in [-0.25, -0.2) is 0 Å². The van der Waals surface area contributed by atoms with Gasteiger partial charge < -0.3 is 19.2 Å². The van der Waals surface area contributed by atoms with Crippen molar-refractivity contribution in [3.05, 3.63) is 69.1 Å². The molecule has 1 aromatic heterocycles. The number of methoxy groups -OCH3 is 2. The maximum absolute atomic E-state index is 13.9. The summed E-state index contributed by atoms with van der Waals surface area (Å²) in [6, 6.07) is 1.80. The first-order chi connectivity index (χ1) is 20.6. The van der Waals surface area contributed by atoms with E-state index in [0.29, 0.717) is 5.57 Å². The van der Waals surface area contributed by atoms with Gasteiger partial charge in [0, 0.05) is 52.1 Å². The maximum Gasteiger partial charge on any atom is 0.287 e. The molecule has 5 aliphatic rings. The van der Waals surface area contributed by atoms with Crippen LogP contribution in [0, 0.1) is 11.3 Å². The Morgan fingerprint density at radius 3 is 2.12 bits per heavy atom. The van der Waals surface area contributed by atoms with Crippen molar-refractivity contribution in [2.75, 3.05) is 27.8 Å². The highest BCUT2D eigenvalue weighted by Crippen LogP contribution is 2.49. The van der Waals surface area contributed by atoms with Gasteiger partial charge in [0.05, 0.1) is 38.6 Å². The van der Waals surface area contributed by atoms with Gasteiger partial charge >= 0.3 is 0 Å². The molecule has 4 heterocycles. The Morgan fingerprint density at radius 1 is 0.977 bits per heavy atom. The van der Waals surface area contributed by atoms with Gasteiger partial charge in [-0.15, -0.1) is 0 Å². The molecule has 43 heavy (non-hydrogen) atoms. The summed E-state index contributed by atoms with van der Waals surface area (Å²) < 4.78 is 15.9. The van der Waals surface area contributed by atoms with Crippen molar-refractivity contribution in [3.63, 3.8) is 0 Å². The molecule has 0 radical (unpaired) electrons. The lowest BCUT2D eigenvalue weighted by Crippen LogP contribution is -2.74. The van der Waals surface area contributed by atoms with E-state index in [2.05, 4.69) is 11.4 Å². The third kappa shape index (κ3) is 3.92. The van der Waals surface area contributed by atoms with E-state index in [1.165, 1.54) is 33.5 Å². The van der Waals surface area contributed by atoms with Crippen LogP contribution in [-0.4, -0.2) is 96.9 Å². The highest BCUT2D eigenvalue weighted by molar-refractivity contribution is 6.26. The van der Waals surface area contributed by atoms with Gasteiger partial charge in [-0.05, 0) is 45.9 Å². The lowest BCUT2D eigenvalue weighted by atomic mass is 9.67. The molecule has 3 aliphatic heterocycles. The number of ether oxygens (including phenoxy) is 2. The van der Waals surface area contributed by atoms with Crippen molar-refractivity contribution in [3.8, 4) is 6.07 Å². The zero-order chi connectivity index (χ0) is 30.9. The number of allylic oxidation sites excluding steroid dienone is 4. The van der Waals surface area contributed by atoms with Gasteiger partial charge in [0.1, 0.15) is 6.04 Å². The van der Waals surface area contributed by atoms with Crippen molar-refractivity contribution in [1.82, 2.24) is 15.1 Å². The fourth-order valence-electron chi connectivity index (χ4n) is 7.50. The van der Waals surface area contributed by atoms with Gasteiger partial charge in [-0.1, -0.05) is 0 Å². The lowest BCUT2D eigenvalue weighted by molar-refractivity contribution is -0.125. The largest absolute Gasteiger partial charge is 0.492 e. The molecule has 0 unspecified atom stereocenters. The number of fused-ring (bicyclic) bond motifs is 5. The monoisotopic (exact) mass is 586 g/mol. The summed E-state index contributed by atoms with van der Waals surface area (Å²) >= 11 is 0. The summed E-state index contributed by atoms with van der Waals surface area (Å²) in [6.45, 7) is 2.94. The third-order valence-electron chi connectivity index (χ3n) is 9.41. The number of amides is 1. The average molecular weight is 587 g/mol. The van der Waals surface area contributed by atoms with Crippen LogP contribution in [0.15, 0.2) is 67.8 Å². The number of carbonyl (C=O) groups is 5. The van der Waals surface area contributed by atoms with Crippen molar-refractivity contribution in [1.29, 1.82) is 5.26 Å². The van der Waals surface area contributed by atoms with Crippen LogP contribution in [0.5, 0.6) is 0 Å². The van der Waals surface area contributed by atoms with Crippen molar-refractivity contribution in [2.45, 2.75) is 56.9 Å². The second-order valence-electron chi connectivity index (χ2n) is 11.3.